The highest BCUT2D eigenvalue weighted by Gasteiger charge is 2.57. The van der Waals surface area contributed by atoms with E-state index in [1.807, 2.05) is 0 Å². The molecule has 5 atom stereocenters. The van der Waals surface area contributed by atoms with E-state index in [-0.39, 0.29) is 47.2 Å². The van der Waals surface area contributed by atoms with E-state index in [0.717, 1.165) is 0 Å². The van der Waals surface area contributed by atoms with Gasteiger partial charge in [0.25, 0.3) is 0 Å². The predicted octanol–water partition coefficient (Wildman–Crippen LogP) is 4.84. The van der Waals surface area contributed by atoms with Gasteiger partial charge in [-0.2, -0.15) is 0 Å². The van der Waals surface area contributed by atoms with Crippen LogP contribution in [0.5, 0.6) is 0 Å². The minimum absolute atomic E-state index is 0.0520. The molecule has 30 heavy (non-hydrogen) atoms. The van der Waals surface area contributed by atoms with Crippen molar-refractivity contribution in [1.82, 2.24) is 0 Å². The van der Waals surface area contributed by atoms with Crippen molar-refractivity contribution in [2.75, 3.05) is 6.61 Å². The number of ether oxygens (including phenoxy) is 3. The number of ketones is 1. The van der Waals surface area contributed by atoms with Gasteiger partial charge in [0, 0.05) is 18.4 Å². The second-order valence-corrected chi connectivity index (χ2v) is 15.3. The largest absolute Gasteiger partial charge is 0.460 e. The average molecular weight is 441 g/mol. The zero-order valence-electron chi connectivity index (χ0n) is 20.3. The molecule has 1 fully saturated rings. The molecule has 0 N–H and O–H groups in total. The topological polar surface area (TPSA) is 71.1 Å². The molecular weight excluding hydrogens is 400 g/mol. The van der Waals surface area contributed by atoms with Gasteiger partial charge in [-0.15, -0.1) is 0 Å². The molecular formula is C23H40O6Si. The van der Waals surface area contributed by atoms with E-state index < -0.39 is 26.0 Å². The highest BCUT2D eigenvalue weighted by molar-refractivity contribution is 6.74. The molecule has 7 heteroatoms. The maximum Gasteiger partial charge on any atom is 0.373 e. The Balaban J connectivity index is 2.44. The maximum atomic E-state index is 12.8. The summed E-state index contributed by atoms with van der Waals surface area (Å²) in [4.78, 5) is 25.2. The Morgan fingerprint density at radius 2 is 1.90 bits per heavy atom. The van der Waals surface area contributed by atoms with Crippen molar-refractivity contribution in [2.24, 2.45) is 17.8 Å². The minimum Gasteiger partial charge on any atom is -0.460 e. The smallest absolute Gasteiger partial charge is 0.373 e. The molecule has 172 valence electrons. The van der Waals surface area contributed by atoms with E-state index in [1.54, 1.807) is 13.8 Å². The molecule has 0 aliphatic carbocycles. The second-order valence-electron chi connectivity index (χ2n) is 10.6. The second kappa shape index (κ2) is 8.75. The highest BCUT2D eigenvalue weighted by Crippen LogP contribution is 2.48. The number of carbonyl (C=O) groups excluding carboxylic acids is 2. The van der Waals surface area contributed by atoms with E-state index in [4.69, 9.17) is 18.6 Å². The Hall–Kier alpha value is -1.18. The highest BCUT2D eigenvalue weighted by atomic mass is 28.4. The van der Waals surface area contributed by atoms with Crippen LogP contribution in [0.2, 0.25) is 18.1 Å². The van der Waals surface area contributed by atoms with Crippen molar-refractivity contribution >= 4 is 20.1 Å². The molecule has 2 aliphatic rings. The molecule has 0 unspecified atom stereocenters. The van der Waals surface area contributed by atoms with E-state index in [0.29, 0.717) is 6.42 Å². The van der Waals surface area contributed by atoms with Crippen LogP contribution in [-0.2, 0) is 28.2 Å². The van der Waals surface area contributed by atoms with Crippen LogP contribution >= 0.6 is 0 Å². The summed E-state index contributed by atoms with van der Waals surface area (Å²) in [5.41, 5.74) is 0. The standard InChI is InChI=1S/C23H40O6Si/c1-11-26-21(25)18-12-17(24)16(5)23(27-18)13-19(15(4)20(28-23)14(2)3)29-30(9,10)22(6,7)8/h12,14-16,19-20H,11,13H2,1-10H3/t15-,16-,19+,20+,23+/m1/s1. The minimum atomic E-state index is -2.07. The Labute approximate surface area is 182 Å². The van der Waals surface area contributed by atoms with Crippen LogP contribution in [0.4, 0.5) is 0 Å². The number of allylic oxidation sites excluding steroid dienone is 1. The zero-order valence-corrected chi connectivity index (χ0v) is 21.3. The summed E-state index contributed by atoms with van der Waals surface area (Å²) in [5, 5.41) is 0.0520. The van der Waals surface area contributed by atoms with Crippen LogP contribution < -0.4 is 0 Å². The van der Waals surface area contributed by atoms with Gasteiger partial charge in [0.1, 0.15) is 0 Å². The van der Waals surface area contributed by atoms with Crippen molar-refractivity contribution in [3.63, 3.8) is 0 Å². The van der Waals surface area contributed by atoms with Crippen LogP contribution in [0.1, 0.15) is 61.8 Å². The average Bonchev–Trinajstić information content (AvgIpc) is 2.61. The van der Waals surface area contributed by atoms with Crippen LogP contribution in [0.15, 0.2) is 11.8 Å². The van der Waals surface area contributed by atoms with Crippen molar-refractivity contribution < 1.29 is 28.2 Å². The molecule has 0 bridgehead atoms. The Morgan fingerprint density at radius 1 is 1.30 bits per heavy atom. The van der Waals surface area contributed by atoms with Gasteiger partial charge in [0.15, 0.2) is 14.1 Å². The fourth-order valence-corrected chi connectivity index (χ4v) is 5.34. The third-order valence-corrected chi connectivity index (χ3v) is 11.5. The summed E-state index contributed by atoms with van der Waals surface area (Å²) in [7, 11) is -2.07. The quantitative estimate of drug-likeness (QED) is 0.450. The lowest BCUT2D eigenvalue weighted by atomic mass is 9.78. The van der Waals surface area contributed by atoms with Gasteiger partial charge in [0.2, 0.25) is 11.5 Å². The fourth-order valence-electron chi connectivity index (χ4n) is 3.93. The lowest BCUT2D eigenvalue weighted by molar-refractivity contribution is -0.318. The van der Waals surface area contributed by atoms with Gasteiger partial charge in [-0.05, 0) is 37.9 Å². The van der Waals surface area contributed by atoms with Crippen LogP contribution in [0.25, 0.3) is 0 Å². The first-order valence-corrected chi connectivity index (χ1v) is 14.0. The molecule has 2 heterocycles. The molecule has 0 aromatic heterocycles. The zero-order chi connectivity index (χ0) is 23.1. The molecule has 0 aromatic carbocycles. The van der Waals surface area contributed by atoms with Crippen LogP contribution in [-0.4, -0.2) is 44.7 Å². The number of esters is 1. The molecule has 0 aromatic rings. The first-order valence-electron chi connectivity index (χ1n) is 11.1. The van der Waals surface area contributed by atoms with Gasteiger partial charge >= 0.3 is 5.97 Å². The Kier molecular flexibility index (Phi) is 7.31. The first-order chi connectivity index (χ1) is 13.6. The summed E-state index contributed by atoms with van der Waals surface area (Å²) in [6, 6.07) is 0. The van der Waals surface area contributed by atoms with Gasteiger partial charge in [-0.1, -0.05) is 41.5 Å². The van der Waals surface area contributed by atoms with Crippen molar-refractivity contribution in [3.8, 4) is 0 Å². The molecule has 2 rings (SSSR count). The SMILES string of the molecule is CCOC(=O)C1=CC(=O)[C@@H](C)[C@@]2(C[C@H](O[Si](C)(C)C(C)(C)C)[C@@H](C)[C@H](C(C)C)O2)O1. The van der Waals surface area contributed by atoms with Gasteiger partial charge in [0.05, 0.1) is 24.7 Å². The summed E-state index contributed by atoms with van der Waals surface area (Å²) >= 11 is 0. The number of hydrogen-bond donors (Lipinski definition) is 0. The van der Waals surface area contributed by atoms with E-state index in [1.165, 1.54) is 6.08 Å². The van der Waals surface area contributed by atoms with E-state index in [2.05, 4.69) is 54.6 Å². The van der Waals surface area contributed by atoms with Crippen LogP contribution in [0, 0.1) is 17.8 Å². The predicted molar refractivity (Wildman–Crippen MR) is 118 cm³/mol. The number of rotatable bonds is 5. The first kappa shape index (κ1) is 25.1. The molecule has 6 nitrogen and oxygen atoms in total. The molecule has 0 saturated carbocycles. The van der Waals surface area contributed by atoms with Gasteiger partial charge in [-0.3, -0.25) is 4.79 Å². The molecule has 1 spiro atoms. The molecule has 1 saturated heterocycles. The van der Waals surface area contributed by atoms with Crippen LogP contribution in [0.3, 0.4) is 0 Å². The van der Waals surface area contributed by atoms with E-state index in [9.17, 15) is 9.59 Å². The van der Waals surface area contributed by atoms with E-state index >= 15 is 0 Å². The molecule has 0 radical (unpaired) electrons. The summed E-state index contributed by atoms with van der Waals surface area (Å²) in [6.07, 6.45) is 1.34. The monoisotopic (exact) mass is 440 g/mol. The lowest BCUT2D eigenvalue weighted by Gasteiger charge is -2.53. The third-order valence-electron chi connectivity index (χ3n) is 6.95. The van der Waals surface area contributed by atoms with Crippen molar-refractivity contribution in [3.05, 3.63) is 11.8 Å². The third kappa shape index (κ3) is 4.83. The summed E-state index contributed by atoms with van der Waals surface area (Å²) in [5.74, 6) is -2.35. The van der Waals surface area contributed by atoms with Gasteiger partial charge in [-0.25, -0.2) is 4.79 Å². The fraction of sp³-hybridized carbons (Fsp3) is 0.826. The summed E-state index contributed by atoms with van der Waals surface area (Å²) in [6.45, 7) is 21.2. The lowest BCUT2D eigenvalue weighted by Crippen LogP contribution is -2.61. The number of hydrogen-bond acceptors (Lipinski definition) is 6. The molecule has 2 aliphatic heterocycles. The Bertz CT molecular complexity index is 692. The van der Waals surface area contributed by atoms with Crippen molar-refractivity contribution in [2.45, 2.75) is 97.9 Å². The normalized spacial score (nSPS) is 32.8. The number of carbonyl (C=O) groups is 2. The summed E-state index contributed by atoms with van der Waals surface area (Å²) < 4.78 is 24.6. The molecule has 0 amide bonds. The maximum absolute atomic E-state index is 12.8. The Morgan fingerprint density at radius 3 is 2.40 bits per heavy atom. The van der Waals surface area contributed by atoms with Crippen molar-refractivity contribution in [1.29, 1.82) is 0 Å². The van der Waals surface area contributed by atoms with Gasteiger partial charge < -0.3 is 18.6 Å².